The first kappa shape index (κ1) is 16.5. The van der Waals surface area contributed by atoms with Crippen molar-refractivity contribution in [2.75, 3.05) is 6.61 Å². The van der Waals surface area contributed by atoms with Gasteiger partial charge < -0.3 is 9.30 Å². The van der Waals surface area contributed by atoms with E-state index in [0.717, 1.165) is 30.0 Å². The van der Waals surface area contributed by atoms with Crippen LogP contribution in [-0.2, 0) is 18.6 Å². The van der Waals surface area contributed by atoms with Gasteiger partial charge >= 0.3 is 5.92 Å². The Labute approximate surface area is 130 Å². The molecule has 0 N–H and O–H groups in total. The lowest BCUT2D eigenvalue weighted by Gasteiger charge is -2.29. The Bertz CT molecular complexity index is 675. The van der Waals surface area contributed by atoms with Crippen molar-refractivity contribution in [1.29, 1.82) is 0 Å². The molecule has 2 aromatic heterocycles. The number of hydrogen-bond donors (Lipinski definition) is 0. The fourth-order valence-corrected chi connectivity index (χ4v) is 2.13. The van der Waals surface area contributed by atoms with Gasteiger partial charge in [0.1, 0.15) is 11.5 Å². The largest absolute Gasteiger partial charge is 0.478 e. The Balaban J connectivity index is 2.52. The summed E-state index contributed by atoms with van der Waals surface area (Å²) in [6.07, 6.45) is 1.07. The molecule has 22 heavy (non-hydrogen) atoms. The standard InChI is InChI=1S/C13H14ClF3N4O/c1-4-22-10-6-8(5-9(14)19-10)12(2,15)13(16,17)11-20-18-7-21(11)3/h5-7H,4H2,1-3H3/t12-/m1/s1. The molecule has 0 saturated heterocycles. The summed E-state index contributed by atoms with van der Waals surface area (Å²) in [5.41, 5.74) is -3.43. The Kier molecular flexibility index (Phi) is 4.32. The maximum Gasteiger partial charge on any atom is 0.343 e. The van der Waals surface area contributed by atoms with Gasteiger partial charge in [-0.1, -0.05) is 11.6 Å². The third-order valence-corrected chi connectivity index (χ3v) is 3.38. The molecule has 0 fully saturated rings. The van der Waals surface area contributed by atoms with Gasteiger partial charge in [-0.15, -0.1) is 10.2 Å². The van der Waals surface area contributed by atoms with Crippen LogP contribution in [-0.4, -0.2) is 26.4 Å². The lowest BCUT2D eigenvalue weighted by atomic mass is 9.91. The van der Waals surface area contributed by atoms with Crippen molar-refractivity contribution in [3.05, 3.63) is 35.0 Å². The van der Waals surface area contributed by atoms with Crippen molar-refractivity contribution >= 4 is 11.6 Å². The summed E-state index contributed by atoms with van der Waals surface area (Å²) in [6, 6.07) is 2.13. The maximum atomic E-state index is 15.0. The van der Waals surface area contributed by atoms with Gasteiger partial charge in [0.05, 0.1) is 6.61 Å². The van der Waals surface area contributed by atoms with Crippen molar-refractivity contribution in [3.63, 3.8) is 0 Å². The van der Waals surface area contributed by atoms with E-state index in [2.05, 4.69) is 15.2 Å². The molecule has 2 heterocycles. The molecule has 2 aromatic rings. The van der Waals surface area contributed by atoms with Crippen LogP contribution in [0, 0.1) is 0 Å². The second kappa shape index (κ2) is 5.75. The minimum absolute atomic E-state index is 0.0253. The molecule has 0 aromatic carbocycles. The molecule has 0 spiro atoms. The molecule has 5 nitrogen and oxygen atoms in total. The first-order chi connectivity index (χ1) is 10.2. The summed E-state index contributed by atoms with van der Waals surface area (Å²) in [5, 5.41) is 6.53. The van der Waals surface area contributed by atoms with E-state index in [1.807, 2.05) is 0 Å². The average Bonchev–Trinajstić information content (AvgIpc) is 2.85. The Morgan fingerprint density at radius 3 is 2.55 bits per heavy atom. The quantitative estimate of drug-likeness (QED) is 0.788. The number of aryl methyl sites for hydroxylation is 1. The van der Waals surface area contributed by atoms with Crippen LogP contribution >= 0.6 is 11.6 Å². The van der Waals surface area contributed by atoms with E-state index in [-0.39, 0.29) is 23.2 Å². The molecule has 0 aliphatic heterocycles. The van der Waals surface area contributed by atoms with E-state index >= 15 is 0 Å². The van der Waals surface area contributed by atoms with Crippen LogP contribution in [0.3, 0.4) is 0 Å². The molecule has 0 amide bonds. The highest BCUT2D eigenvalue weighted by Gasteiger charge is 2.57. The van der Waals surface area contributed by atoms with Crippen LogP contribution in [0.2, 0.25) is 5.15 Å². The third-order valence-electron chi connectivity index (χ3n) is 3.19. The topological polar surface area (TPSA) is 52.8 Å². The highest BCUT2D eigenvalue weighted by atomic mass is 35.5. The number of pyridine rings is 1. The van der Waals surface area contributed by atoms with Crippen LogP contribution in [0.25, 0.3) is 0 Å². The molecule has 0 bridgehead atoms. The monoisotopic (exact) mass is 334 g/mol. The fraction of sp³-hybridized carbons (Fsp3) is 0.462. The molecule has 0 radical (unpaired) electrons. The molecular formula is C13H14ClF3N4O. The van der Waals surface area contributed by atoms with E-state index < -0.39 is 17.4 Å². The lowest BCUT2D eigenvalue weighted by molar-refractivity contribution is -0.149. The van der Waals surface area contributed by atoms with Gasteiger partial charge in [-0.05, 0) is 19.9 Å². The van der Waals surface area contributed by atoms with Crippen LogP contribution < -0.4 is 4.74 Å². The van der Waals surface area contributed by atoms with Crippen LogP contribution in [0.5, 0.6) is 5.88 Å². The average molecular weight is 335 g/mol. The summed E-state index contributed by atoms with van der Waals surface area (Å²) in [6.45, 7) is 2.68. The first-order valence-corrected chi connectivity index (χ1v) is 6.80. The zero-order valence-corrected chi connectivity index (χ0v) is 12.9. The zero-order chi connectivity index (χ0) is 16.5. The van der Waals surface area contributed by atoms with Gasteiger partial charge in [0, 0.05) is 18.7 Å². The summed E-state index contributed by atoms with van der Waals surface area (Å²) in [5.74, 6) is -4.74. The summed E-state index contributed by atoms with van der Waals surface area (Å²) >= 11 is 5.76. The van der Waals surface area contributed by atoms with Crippen molar-refractivity contribution in [2.45, 2.75) is 25.4 Å². The van der Waals surface area contributed by atoms with Crippen molar-refractivity contribution in [1.82, 2.24) is 19.7 Å². The zero-order valence-electron chi connectivity index (χ0n) is 12.1. The van der Waals surface area contributed by atoms with E-state index in [9.17, 15) is 13.2 Å². The Hall–Kier alpha value is -1.83. The number of aromatic nitrogens is 4. The third kappa shape index (κ3) is 2.75. The van der Waals surface area contributed by atoms with Crippen molar-refractivity contribution in [2.24, 2.45) is 7.05 Å². The summed E-state index contributed by atoms with van der Waals surface area (Å²) in [7, 11) is 1.31. The fourth-order valence-electron chi connectivity index (χ4n) is 1.92. The smallest absolute Gasteiger partial charge is 0.343 e. The normalized spacial score (nSPS) is 14.7. The van der Waals surface area contributed by atoms with E-state index in [1.165, 1.54) is 7.05 Å². The molecule has 9 heteroatoms. The molecular weight excluding hydrogens is 321 g/mol. The molecule has 0 aliphatic rings. The number of ether oxygens (including phenoxy) is 1. The van der Waals surface area contributed by atoms with Crippen LogP contribution in [0.1, 0.15) is 25.2 Å². The van der Waals surface area contributed by atoms with Gasteiger partial charge in [-0.2, -0.15) is 8.78 Å². The molecule has 1 atom stereocenters. The molecule has 0 unspecified atom stereocenters. The minimum atomic E-state index is -3.92. The Morgan fingerprint density at radius 2 is 2.00 bits per heavy atom. The van der Waals surface area contributed by atoms with Crippen molar-refractivity contribution < 1.29 is 17.9 Å². The number of rotatable bonds is 5. The second-order valence-electron chi connectivity index (χ2n) is 4.79. The van der Waals surface area contributed by atoms with Gasteiger partial charge in [-0.3, -0.25) is 0 Å². The predicted molar refractivity (Wildman–Crippen MR) is 73.8 cm³/mol. The first-order valence-electron chi connectivity index (χ1n) is 6.42. The van der Waals surface area contributed by atoms with Crippen LogP contribution in [0.15, 0.2) is 18.5 Å². The number of hydrogen-bond acceptors (Lipinski definition) is 4. The highest BCUT2D eigenvalue weighted by Crippen LogP contribution is 2.48. The molecule has 120 valence electrons. The summed E-state index contributed by atoms with van der Waals surface area (Å²) < 4.78 is 50.2. The minimum Gasteiger partial charge on any atom is -0.478 e. The highest BCUT2D eigenvalue weighted by molar-refractivity contribution is 6.29. The van der Waals surface area contributed by atoms with E-state index in [0.29, 0.717) is 0 Å². The van der Waals surface area contributed by atoms with Gasteiger partial charge in [0.15, 0.2) is 0 Å². The summed E-state index contributed by atoms with van der Waals surface area (Å²) in [4.78, 5) is 3.80. The van der Waals surface area contributed by atoms with Gasteiger partial charge in [0.25, 0.3) is 0 Å². The van der Waals surface area contributed by atoms with Crippen molar-refractivity contribution in [3.8, 4) is 5.88 Å². The maximum absolute atomic E-state index is 15.0. The van der Waals surface area contributed by atoms with Gasteiger partial charge in [0.2, 0.25) is 17.4 Å². The van der Waals surface area contributed by atoms with E-state index in [4.69, 9.17) is 16.3 Å². The second-order valence-corrected chi connectivity index (χ2v) is 5.18. The number of halogens is 4. The van der Waals surface area contributed by atoms with Crippen LogP contribution in [0.4, 0.5) is 13.2 Å². The Morgan fingerprint density at radius 1 is 1.32 bits per heavy atom. The molecule has 0 aliphatic carbocycles. The predicted octanol–water partition coefficient (Wildman–Crippen LogP) is 3.24. The lowest BCUT2D eigenvalue weighted by Crippen LogP contribution is -2.39. The molecule has 0 saturated carbocycles. The SMILES string of the molecule is CCOc1cc([C@@](C)(F)C(F)(F)c2nncn2C)cc(Cl)n1. The number of alkyl halides is 3. The van der Waals surface area contributed by atoms with Gasteiger partial charge in [-0.25, -0.2) is 9.37 Å². The molecule has 2 rings (SSSR count). The number of nitrogens with zero attached hydrogens (tertiary/aromatic N) is 4. The van der Waals surface area contributed by atoms with E-state index in [1.54, 1.807) is 6.92 Å².